The lowest BCUT2D eigenvalue weighted by molar-refractivity contribution is 0.371. The molecule has 0 radical (unpaired) electrons. The summed E-state index contributed by atoms with van der Waals surface area (Å²) in [5, 5.41) is 5.01. The zero-order valence-electron chi connectivity index (χ0n) is 32.1. The van der Waals surface area contributed by atoms with Gasteiger partial charge in [0.15, 0.2) is 0 Å². The molecule has 1 heteroatoms. The van der Waals surface area contributed by atoms with Gasteiger partial charge in [-0.2, -0.15) is 0 Å². The highest BCUT2D eigenvalue weighted by atomic mass is 27.2. The van der Waals surface area contributed by atoms with Gasteiger partial charge < -0.3 is 0 Å². The number of rotatable bonds is 33. The summed E-state index contributed by atoms with van der Waals surface area (Å²) >= 11 is -0.794. The van der Waals surface area contributed by atoms with Gasteiger partial charge >= 0.3 is 0 Å². The van der Waals surface area contributed by atoms with Crippen molar-refractivity contribution in [2.24, 2.45) is 35.5 Å². The first kappa shape index (κ1) is 43.5. The van der Waals surface area contributed by atoms with Crippen LogP contribution in [0.5, 0.6) is 0 Å². The highest BCUT2D eigenvalue weighted by Crippen LogP contribution is 2.35. The molecular formula is C42H87Al. The van der Waals surface area contributed by atoms with Crippen molar-refractivity contribution in [3.8, 4) is 0 Å². The quantitative estimate of drug-likeness (QED) is 0.0507. The van der Waals surface area contributed by atoms with Crippen molar-refractivity contribution in [1.29, 1.82) is 0 Å². The fourth-order valence-electron chi connectivity index (χ4n) is 8.34. The van der Waals surface area contributed by atoms with Crippen LogP contribution in [0, 0.1) is 35.5 Å². The van der Waals surface area contributed by atoms with Crippen molar-refractivity contribution in [3.05, 3.63) is 0 Å². The Morgan fingerprint density at radius 2 is 0.558 bits per heavy atom. The molecule has 0 fully saturated rings. The Kier molecular flexibility index (Phi) is 31.5. The van der Waals surface area contributed by atoms with Crippen LogP contribution in [-0.2, 0) is 0 Å². The minimum atomic E-state index is -0.794. The minimum Gasteiger partial charge on any atom is -0.0910 e. The van der Waals surface area contributed by atoms with Crippen LogP contribution in [0.4, 0.5) is 0 Å². The molecule has 0 saturated carbocycles. The fourth-order valence-corrected chi connectivity index (χ4v) is 13.0. The van der Waals surface area contributed by atoms with Gasteiger partial charge in [0.1, 0.15) is 0 Å². The van der Waals surface area contributed by atoms with Crippen molar-refractivity contribution in [2.75, 3.05) is 0 Å². The summed E-state index contributed by atoms with van der Waals surface area (Å²) in [6.45, 7) is 22.1. The van der Waals surface area contributed by atoms with E-state index in [0.717, 1.165) is 35.5 Å². The zero-order valence-corrected chi connectivity index (χ0v) is 33.3. The monoisotopic (exact) mass is 619 g/mol. The lowest BCUT2D eigenvalue weighted by atomic mass is 9.92. The molecule has 43 heavy (non-hydrogen) atoms. The minimum absolute atomic E-state index is 0.794. The summed E-state index contributed by atoms with van der Waals surface area (Å²) in [6.07, 6.45) is 35.3. The zero-order chi connectivity index (χ0) is 32.1. The third kappa shape index (κ3) is 29.7. The predicted molar refractivity (Wildman–Crippen MR) is 203 cm³/mol. The van der Waals surface area contributed by atoms with Gasteiger partial charge in [0.2, 0.25) is 0 Å². The van der Waals surface area contributed by atoms with Crippen LogP contribution in [-0.4, -0.2) is 14.1 Å². The summed E-state index contributed by atoms with van der Waals surface area (Å²) in [5.41, 5.74) is 0. The first-order valence-electron chi connectivity index (χ1n) is 20.7. The summed E-state index contributed by atoms with van der Waals surface area (Å²) < 4.78 is 0. The second-order valence-electron chi connectivity index (χ2n) is 16.7. The summed E-state index contributed by atoms with van der Waals surface area (Å²) in [5.74, 6) is 5.65. The van der Waals surface area contributed by atoms with Crippen LogP contribution in [0.1, 0.15) is 216 Å². The molecule has 0 aliphatic heterocycles. The molecule has 0 N–H and O–H groups in total. The Morgan fingerprint density at radius 1 is 0.326 bits per heavy atom. The highest BCUT2D eigenvalue weighted by molar-refractivity contribution is 6.59. The third-order valence-electron chi connectivity index (χ3n) is 10.3. The van der Waals surface area contributed by atoms with Gasteiger partial charge in [-0.1, -0.05) is 231 Å². The molecule has 0 saturated heterocycles. The van der Waals surface area contributed by atoms with Crippen LogP contribution >= 0.6 is 0 Å². The van der Waals surface area contributed by atoms with E-state index in [0.29, 0.717) is 0 Å². The number of hydrogen-bond donors (Lipinski definition) is 0. The second kappa shape index (κ2) is 31.1. The van der Waals surface area contributed by atoms with E-state index in [2.05, 4.69) is 62.3 Å². The number of unbranched alkanes of at least 4 members (excludes halogenated alkanes) is 15. The fraction of sp³-hybridized carbons (Fsp3) is 1.00. The second-order valence-corrected chi connectivity index (χ2v) is 19.9. The van der Waals surface area contributed by atoms with Gasteiger partial charge in [-0.05, 0) is 37.0 Å². The Balaban J connectivity index is 5.55. The molecule has 0 bridgehead atoms. The molecule has 3 unspecified atom stereocenters. The molecule has 3 atom stereocenters. The lowest BCUT2D eigenvalue weighted by Crippen LogP contribution is -2.26. The molecule has 0 nitrogen and oxygen atoms in total. The molecule has 0 rings (SSSR count). The Labute approximate surface area is 280 Å². The standard InChI is InChI=1S/3C14H29.Al/c3*1-5-6-7-8-9-10-11-14(4)12-13(2)3;/h3*13-14H,4-12H2,1-3H3;. The van der Waals surface area contributed by atoms with E-state index in [-0.39, 0.29) is 0 Å². The van der Waals surface area contributed by atoms with E-state index in [4.69, 9.17) is 0 Å². The van der Waals surface area contributed by atoms with E-state index in [1.54, 1.807) is 15.8 Å². The Hall–Kier alpha value is 0.532. The molecule has 0 aromatic carbocycles. The van der Waals surface area contributed by atoms with Gasteiger partial charge in [-0.25, -0.2) is 0 Å². The molecule has 0 aromatic heterocycles. The van der Waals surface area contributed by atoms with Gasteiger partial charge in [0.05, 0.1) is 0 Å². The molecule has 0 amide bonds. The van der Waals surface area contributed by atoms with Crippen LogP contribution in [0.3, 0.4) is 0 Å². The van der Waals surface area contributed by atoms with Crippen LogP contribution in [0.2, 0.25) is 15.8 Å². The van der Waals surface area contributed by atoms with Gasteiger partial charge in [0.25, 0.3) is 14.1 Å². The summed E-state index contributed by atoms with van der Waals surface area (Å²) in [6, 6.07) is 0. The molecule has 0 aromatic rings. The van der Waals surface area contributed by atoms with Crippen molar-refractivity contribution in [1.82, 2.24) is 0 Å². The predicted octanol–water partition coefficient (Wildman–Crippen LogP) is 15.7. The lowest BCUT2D eigenvalue weighted by Gasteiger charge is -2.29. The normalized spacial score (nSPS) is 14.2. The maximum absolute atomic E-state index is 2.50. The van der Waals surface area contributed by atoms with E-state index in [1.807, 2.05) is 0 Å². The van der Waals surface area contributed by atoms with Crippen molar-refractivity contribution < 1.29 is 0 Å². The topological polar surface area (TPSA) is 0 Å². The average Bonchev–Trinajstić information content (AvgIpc) is 2.93. The third-order valence-corrected chi connectivity index (χ3v) is 14.3. The van der Waals surface area contributed by atoms with E-state index in [9.17, 15) is 0 Å². The van der Waals surface area contributed by atoms with E-state index >= 15 is 0 Å². The van der Waals surface area contributed by atoms with Gasteiger partial charge in [-0.3, -0.25) is 0 Å². The van der Waals surface area contributed by atoms with Gasteiger partial charge in [0, 0.05) is 0 Å². The molecule has 0 aliphatic rings. The molecule has 0 heterocycles. The number of hydrogen-bond acceptors (Lipinski definition) is 0. The van der Waals surface area contributed by atoms with E-state index < -0.39 is 14.1 Å². The maximum Gasteiger partial charge on any atom is 0.262 e. The summed E-state index contributed by atoms with van der Waals surface area (Å²) in [7, 11) is 0. The van der Waals surface area contributed by atoms with Crippen molar-refractivity contribution >= 4 is 14.1 Å². The molecular weight excluding hydrogens is 531 g/mol. The van der Waals surface area contributed by atoms with Crippen LogP contribution in [0.25, 0.3) is 0 Å². The van der Waals surface area contributed by atoms with Crippen LogP contribution in [0.15, 0.2) is 0 Å². The SMILES string of the molecule is CCCCCCCCC(CC(C)C)[CH2][Al]([CH2]C(CCCCCCCC)CC(C)C)[CH2]C(CCCCCCCC)CC(C)C. The maximum atomic E-state index is 2.50. The first-order chi connectivity index (χ1) is 20.7. The molecule has 258 valence electrons. The van der Waals surface area contributed by atoms with Gasteiger partial charge in [-0.15, -0.1) is 0 Å². The van der Waals surface area contributed by atoms with Crippen LogP contribution < -0.4 is 0 Å². The molecule has 0 aliphatic carbocycles. The highest BCUT2D eigenvalue weighted by Gasteiger charge is 2.29. The Morgan fingerprint density at radius 3 is 0.791 bits per heavy atom. The summed E-state index contributed by atoms with van der Waals surface area (Å²) in [4.78, 5) is 0. The largest absolute Gasteiger partial charge is 0.262 e. The molecule has 0 spiro atoms. The average molecular weight is 619 g/mol. The van der Waals surface area contributed by atoms with Crippen molar-refractivity contribution in [3.63, 3.8) is 0 Å². The van der Waals surface area contributed by atoms with E-state index in [1.165, 1.54) is 154 Å². The van der Waals surface area contributed by atoms with Crippen molar-refractivity contribution in [2.45, 2.75) is 232 Å². The smallest absolute Gasteiger partial charge is 0.0910 e. The Bertz CT molecular complexity index is 461. The first-order valence-corrected chi connectivity index (χ1v) is 23.2.